The fourth-order valence-corrected chi connectivity index (χ4v) is 1.95. The SMILES string of the molecule is CC1Cc2c(C(=N)N)cccc2C1=O. The molecule has 1 unspecified atom stereocenters. The van der Waals surface area contributed by atoms with Crippen molar-refractivity contribution in [3.8, 4) is 0 Å². The number of hydrogen-bond donors (Lipinski definition) is 2. The van der Waals surface area contributed by atoms with Gasteiger partial charge in [0.25, 0.3) is 0 Å². The summed E-state index contributed by atoms with van der Waals surface area (Å²) in [6, 6.07) is 5.39. The fraction of sp³-hybridized carbons (Fsp3) is 0.273. The Labute approximate surface area is 82.4 Å². The van der Waals surface area contributed by atoms with Crippen molar-refractivity contribution in [2.75, 3.05) is 0 Å². The summed E-state index contributed by atoms with van der Waals surface area (Å²) in [5.74, 6) is 0.248. The third kappa shape index (κ3) is 1.13. The van der Waals surface area contributed by atoms with E-state index in [1.807, 2.05) is 13.0 Å². The molecule has 1 aromatic carbocycles. The molecule has 3 N–H and O–H groups in total. The van der Waals surface area contributed by atoms with E-state index in [4.69, 9.17) is 11.1 Å². The van der Waals surface area contributed by atoms with Crippen LogP contribution in [0.4, 0.5) is 0 Å². The predicted octanol–water partition coefficient (Wildman–Crippen LogP) is 1.35. The quantitative estimate of drug-likeness (QED) is 0.516. The molecule has 0 heterocycles. The molecule has 0 saturated heterocycles. The molecule has 0 amide bonds. The smallest absolute Gasteiger partial charge is 0.166 e. The highest BCUT2D eigenvalue weighted by atomic mass is 16.1. The zero-order chi connectivity index (χ0) is 10.3. The summed E-state index contributed by atoms with van der Waals surface area (Å²) in [5.41, 5.74) is 7.84. The van der Waals surface area contributed by atoms with Gasteiger partial charge in [0.05, 0.1) is 0 Å². The van der Waals surface area contributed by atoms with Crippen LogP contribution in [0.5, 0.6) is 0 Å². The highest BCUT2D eigenvalue weighted by molar-refractivity contribution is 6.06. The van der Waals surface area contributed by atoms with Gasteiger partial charge in [0.1, 0.15) is 5.84 Å². The molecule has 0 saturated carbocycles. The van der Waals surface area contributed by atoms with E-state index >= 15 is 0 Å². The van der Waals surface area contributed by atoms with E-state index in [1.165, 1.54) is 0 Å². The van der Waals surface area contributed by atoms with Crippen molar-refractivity contribution in [2.45, 2.75) is 13.3 Å². The number of fused-ring (bicyclic) bond motifs is 1. The largest absolute Gasteiger partial charge is 0.384 e. The van der Waals surface area contributed by atoms with Gasteiger partial charge in [-0.05, 0) is 12.0 Å². The minimum absolute atomic E-state index is 0.0329. The van der Waals surface area contributed by atoms with Crippen LogP contribution in [0.1, 0.15) is 28.4 Å². The normalized spacial score (nSPS) is 19.5. The number of benzene rings is 1. The van der Waals surface area contributed by atoms with Gasteiger partial charge in [-0.25, -0.2) is 0 Å². The van der Waals surface area contributed by atoms with Gasteiger partial charge in [-0.2, -0.15) is 0 Å². The number of amidine groups is 1. The van der Waals surface area contributed by atoms with E-state index in [0.717, 1.165) is 11.1 Å². The molecule has 3 heteroatoms. The molecule has 1 aromatic rings. The second kappa shape index (κ2) is 2.94. The first-order valence-corrected chi connectivity index (χ1v) is 4.61. The standard InChI is InChI=1S/C11H12N2O/c1-6-5-9-7(10(6)14)3-2-4-8(9)11(12)13/h2-4,6H,5H2,1H3,(H3,12,13). The van der Waals surface area contributed by atoms with E-state index in [-0.39, 0.29) is 17.5 Å². The number of nitrogens with one attached hydrogen (secondary N) is 1. The molecule has 0 radical (unpaired) electrons. The summed E-state index contributed by atoms with van der Waals surface area (Å²) < 4.78 is 0. The molecule has 0 aromatic heterocycles. The number of nitrogen functional groups attached to an aromatic ring is 1. The zero-order valence-electron chi connectivity index (χ0n) is 8.00. The summed E-state index contributed by atoms with van der Waals surface area (Å²) >= 11 is 0. The van der Waals surface area contributed by atoms with Crippen LogP contribution in [0.25, 0.3) is 0 Å². The highest BCUT2D eigenvalue weighted by Crippen LogP contribution is 2.28. The fourth-order valence-electron chi connectivity index (χ4n) is 1.95. The minimum atomic E-state index is 0.0329. The molecule has 0 spiro atoms. The van der Waals surface area contributed by atoms with Crippen LogP contribution in [0, 0.1) is 11.3 Å². The molecular weight excluding hydrogens is 176 g/mol. The van der Waals surface area contributed by atoms with Gasteiger partial charge in [-0.3, -0.25) is 10.2 Å². The first-order valence-electron chi connectivity index (χ1n) is 4.61. The Morgan fingerprint density at radius 2 is 2.29 bits per heavy atom. The molecule has 3 nitrogen and oxygen atoms in total. The first kappa shape index (κ1) is 8.94. The molecule has 72 valence electrons. The molecule has 1 aliphatic rings. The Balaban J connectivity index is 2.61. The molecule has 1 aliphatic carbocycles. The third-order valence-corrected chi connectivity index (χ3v) is 2.69. The minimum Gasteiger partial charge on any atom is -0.384 e. The van der Waals surface area contributed by atoms with E-state index < -0.39 is 0 Å². The monoisotopic (exact) mass is 188 g/mol. The Kier molecular flexibility index (Phi) is 1.88. The van der Waals surface area contributed by atoms with Gasteiger partial charge in [0.15, 0.2) is 5.78 Å². The molecule has 1 atom stereocenters. The van der Waals surface area contributed by atoms with Crippen LogP contribution in [0.15, 0.2) is 18.2 Å². The van der Waals surface area contributed by atoms with Crippen molar-refractivity contribution in [2.24, 2.45) is 11.7 Å². The Morgan fingerprint density at radius 3 is 2.93 bits per heavy atom. The maximum absolute atomic E-state index is 11.7. The lowest BCUT2D eigenvalue weighted by Crippen LogP contribution is -2.13. The Bertz CT molecular complexity index is 423. The van der Waals surface area contributed by atoms with Gasteiger partial charge in [-0.15, -0.1) is 0 Å². The summed E-state index contributed by atoms with van der Waals surface area (Å²) in [7, 11) is 0. The maximum atomic E-state index is 11.7. The number of carbonyl (C=O) groups is 1. The molecule has 0 aliphatic heterocycles. The highest BCUT2D eigenvalue weighted by Gasteiger charge is 2.28. The van der Waals surface area contributed by atoms with Gasteiger partial charge in [0, 0.05) is 17.0 Å². The molecular formula is C11H12N2O. The topological polar surface area (TPSA) is 66.9 Å². The van der Waals surface area contributed by atoms with Gasteiger partial charge < -0.3 is 5.73 Å². The maximum Gasteiger partial charge on any atom is 0.166 e. The number of hydrogen-bond acceptors (Lipinski definition) is 2. The summed E-state index contributed by atoms with van der Waals surface area (Å²) in [6.45, 7) is 1.91. The van der Waals surface area contributed by atoms with Crippen LogP contribution in [0.3, 0.4) is 0 Å². The number of nitrogens with two attached hydrogens (primary N) is 1. The average molecular weight is 188 g/mol. The molecule has 0 bridgehead atoms. The molecule has 14 heavy (non-hydrogen) atoms. The van der Waals surface area contributed by atoms with Crippen molar-refractivity contribution >= 4 is 11.6 Å². The second-order valence-corrected chi connectivity index (χ2v) is 3.71. The number of carbonyl (C=O) groups excluding carboxylic acids is 1. The van der Waals surface area contributed by atoms with Crippen LogP contribution in [-0.4, -0.2) is 11.6 Å². The summed E-state index contributed by atoms with van der Waals surface area (Å²) in [5, 5.41) is 7.40. The van der Waals surface area contributed by atoms with Crippen molar-refractivity contribution < 1.29 is 4.79 Å². The van der Waals surface area contributed by atoms with Crippen LogP contribution >= 0.6 is 0 Å². The van der Waals surface area contributed by atoms with Crippen molar-refractivity contribution in [1.29, 1.82) is 5.41 Å². The zero-order valence-corrected chi connectivity index (χ0v) is 8.00. The molecule has 0 fully saturated rings. The first-order chi connectivity index (χ1) is 6.61. The Hall–Kier alpha value is -1.64. The van der Waals surface area contributed by atoms with E-state index in [9.17, 15) is 4.79 Å². The van der Waals surface area contributed by atoms with Crippen molar-refractivity contribution in [3.63, 3.8) is 0 Å². The van der Waals surface area contributed by atoms with Crippen LogP contribution in [-0.2, 0) is 6.42 Å². The van der Waals surface area contributed by atoms with Gasteiger partial charge in [-0.1, -0.05) is 25.1 Å². The van der Waals surface area contributed by atoms with E-state index in [2.05, 4.69) is 0 Å². The predicted molar refractivity (Wildman–Crippen MR) is 54.7 cm³/mol. The summed E-state index contributed by atoms with van der Waals surface area (Å²) in [6.07, 6.45) is 0.712. The lowest BCUT2D eigenvalue weighted by molar-refractivity contribution is 0.0946. The number of rotatable bonds is 1. The van der Waals surface area contributed by atoms with Gasteiger partial charge in [0.2, 0.25) is 0 Å². The third-order valence-electron chi connectivity index (χ3n) is 2.69. The van der Waals surface area contributed by atoms with Crippen LogP contribution < -0.4 is 5.73 Å². The second-order valence-electron chi connectivity index (χ2n) is 3.71. The molecule has 2 rings (SSSR count). The Morgan fingerprint density at radius 1 is 1.57 bits per heavy atom. The van der Waals surface area contributed by atoms with Crippen LogP contribution in [0.2, 0.25) is 0 Å². The average Bonchev–Trinajstić information content (AvgIpc) is 2.43. The summed E-state index contributed by atoms with van der Waals surface area (Å²) in [4.78, 5) is 11.7. The van der Waals surface area contributed by atoms with E-state index in [1.54, 1.807) is 12.1 Å². The lowest BCUT2D eigenvalue weighted by atomic mass is 10.0. The van der Waals surface area contributed by atoms with Crippen molar-refractivity contribution in [3.05, 3.63) is 34.9 Å². The van der Waals surface area contributed by atoms with E-state index in [0.29, 0.717) is 12.0 Å². The lowest BCUT2D eigenvalue weighted by Gasteiger charge is -2.04. The number of ketones is 1. The van der Waals surface area contributed by atoms with Gasteiger partial charge >= 0.3 is 0 Å². The van der Waals surface area contributed by atoms with Crippen molar-refractivity contribution in [1.82, 2.24) is 0 Å². The number of Topliss-reactive ketones (excluding diaryl/α,β-unsaturated/α-hetero) is 1.